The number of hydrogen-bond donors (Lipinski definition) is 1. The number of ether oxygens (including phenoxy) is 2. The zero-order valence-corrected chi connectivity index (χ0v) is 20.1. The van der Waals surface area contributed by atoms with Gasteiger partial charge in [0.1, 0.15) is 11.5 Å². The van der Waals surface area contributed by atoms with Crippen molar-refractivity contribution in [3.05, 3.63) is 56.5 Å². The van der Waals surface area contributed by atoms with Crippen molar-refractivity contribution in [1.82, 2.24) is 10.2 Å². The fraction of sp³-hybridized carbons (Fsp3) is 0.364. The molecule has 170 valence electrons. The summed E-state index contributed by atoms with van der Waals surface area (Å²) in [5.41, 5.74) is -0.521. The molecule has 6 nitrogen and oxygen atoms in total. The van der Waals surface area contributed by atoms with Crippen molar-refractivity contribution in [1.29, 1.82) is 0 Å². The number of hydrogen-bond acceptors (Lipinski definition) is 4. The summed E-state index contributed by atoms with van der Waals surface area (Å²) in [6, 6.07) is 9.67. The third-order valence-electron chi connectivity index (χ3n) is 6.01. The molecule has 3 fully saturated rings. The highest BCUT2D eigenvalue weighted by atomic mass is 35.5. The molecular formula is C22H20Cl4N2O4. The van der Waals surface area contributed by atoms with Gasteiger partial charge in [-0.15, -0.1) is 0 Å². The topological polar surface area (TPSA) is 67.9 Å². The molecule has 5 rings (SSSR count). The van der Waals surface area contributed by atoms with Crippen molar-refractivity contribution in [3.63, 3.8) is 0 Å². The van der Waals surface area contributed by atoms with Gasteiger partial charge in [-0.1, -0.05) is 46.4 Å². The van der Waals surface area contributed by atoms with Crippen LogP contribution >= 0.6 is 46.4 Å². The van der Waals surface area contributed by atoms with Crippen LogP contribution < -0.4 is 14.8 Å². The summed E-state index contributed by atoms with van der Waals surface area (Å²) in [4.78, 5) is 26.6. The Hall–Kier alpha value is -1.86. The van der Waals surface area contributed by atoms with Gasteiger partial charge in [-0.25, -0.2) is 0 Å². The Morgan fingerprint density at radius 2 is 1.38 bits per heavy atom. The van der Waals surface area contributed by atoms with E-state index in [9.17, 15) is 9.59 Å². The largest absolute Gasteiger partial charge is 0.484 e. The summed E-state index contributed by atoms with van der Waals surface area (Å²) in [5.74, 6) is 0.584. The molecule has 3 saturated carbocycles. The van der Waals surface area contributed by atoms with E-state index < -0.39 is 0 Å². The fourth-order valence-electron chi connectivity index (χ4n) is 4.34. The molecule has 0 saturated heterocycles. The molecule has 2 aromatic rings. The van der Waals surface area contributed by atoms with Crippen LogP contribution in [0, 0.1) is 0 Å². The Morgan fingerprint density at radius 1 is 0.875 bits per heavy atom. The molecule has 1 N–H and O–H groups in total. The van der Waals surface area contributed by atoms with E-state index in [-0.39, 0.29) is 36.1 Å². The second-order valence-electron chi connectivity index (χ2n) is 8.27. The molecule has 3 aliphatic carbocycles. The van der Waals surface area contributed by atoms with Crippen LogP contribution in [0.5, 0.6) is 11.5 Å². The Labute approximate surface area is 205 Å². The number of halogens is 4. The van der Waals surface area contributed by atoms with E-state index in [0.717, 1.165) is 0 Å². The molecule has 0 heterocycles. The minimum absolute atomic E-state index is 0.104. The van der Waals surface area contributed by atoms with E-state index in [1.165, 1.54) is 0 Å². The van der Waals surface area contributed by atoms with Crippen LogP contribution in [0.4, 0.5) is 0 Å². The van der Waals surface area contributed by atoms with Crippen molar-refractivity contribution in [3.8, 4) is 11.5 Å². The molecule has 10 heteroatoms. The predicted octanol–water partition coefficient (Wildman–Crippen LogP) is 5.01. The van der Waals surface area contributed by atoms with Crippen LogP contribution in [0.15, 0.2) is 36.4 Å². The molecule has 3 aliphatic rings. The minimum Gasteiger partial charge on any atom is -0.484 e. The highest BCUT2D eigenvalue weighted by Gasteiger charge is 2.71. The van der Waals surface area contributed by atoms with Crippen molar-refractivity contribution in [2.24, 2.45) is 0 Å². The van der Waals surface area contributed by atoms with Gasteiger partial charge < -0.3 is 19.7 Å². The molecule has 2 amide bonds. The molecule has 2 aromatic carbocycles. The normalized spacial score (nSPS) is 22.9. The zero-order valence-electron chi connectivity index (χ0n) is 17.1. The molecule has 0 radical (unpaired) electrons. The number of rotatable bonds is 8. The average Bonchev–Trinajstić information content (AvgIpc) is 2.70. The summed E-state index contributed by atoms with van der Waals surface area (Å²) in [6.45, 7) is -0.230. The summed E-state index contributed by atoms with van der Waals surface area (Å²) in [7, 11) is 1.76. The number of nitrogens with one attached hydrogen (secondary N) is 1. The van der Waals surface area contributed by atoms with E-state index in [0.29, 0.717) is 50.9 Å². The first-order valence-electron chi connectivity index (χ1n) is 9.85. The molecule has 0 unspecified atom stereocenters. The third-order valence-corrected chi connectivity index (χ3v) is 7.48. The van der Waals surface area contributed by atoms with E-state index in [2.05, 4.69) is 5.32 Å². The predicted molar refractivity (Wildman–Crippen MR) is 124 cm³/mol. The number of carbonyl (C=O) groups is 2. The van der Waals surface area contributed by atoms with Gasteiger partial charge in [0.15, 0.2) is 13.2 Å². The minimum atomic E-state index is -0.281. The molecule has 0 aliphatic heterocycles. The number of nitrogens with zero attached hydrogens (tertiary/aromatic N) is 1. The maximum Gasteiger partial charge on any atom is 0.260 e. The monoisotopic (exact) mass is 516 g/mol. The Kier molecular flexibility index (Phi) is 6.43. The van der Waals surface area contributed by atoms with Crippen molar-refractivity contribution in [2.75, 3.05) is 20.3 Å². The highest BCUT2D eigenvalue weighted by Crippen LogP contribution is 2.63. The van der Waals surface area contributed by atoms with Crippen molar-refractivity contribution >= 4 is 58.2 Å². The summed E-state index contributed by atoms with van der Waals surface area (Å²) < 4.78 is 11.0. The molecular weight excluding hydrogens is 498 g/mol. The number of carbonyl (C=O) groups excluding carboxylic acids is 2. The lowest BCUT2D eigenvalue weighted by atomic mass is 9.43. The lowest BCUT2D eigenvalue weighted by Gasteiger charge is -2.72. The maximum absolute atomic E-state index is 12.6. The van der Waals surface area contributed by atoms with E-state index >= 15 is 0 Å². The van der Waals surface area contributed by atoms with E-state index in [4.69, 9.17) is 55.9 Å². The van der Waals surface area contributed by atoms with Crippen LogP contribution in [0.2, 0.25) is 20.1 Å². The van der Waals surface area contributed by atoms with Crippen LogP contribution in [0.1, 0.15) is 19.3 Å². The van der Waals surface area contributed by atoms with Gasteiger partial charge in [-0.2, -0.15) is 0 Å². The molecule has 0 atom stereocenters. The molecule has 32 heavy (non-hydrogen) atoms. The van der Waals surface area contributed by atoms with Crippen LogP contribution in [0.3, 0.4) is 0 Å². The molecule has 0 spiro atoms. The van der Waals surface area contributed by atoms with Crippen LogP contribution in [-0.4, -0.2) is 48.1 Å². The summed E-state index contributed by atoms with van der Waals surface area (Å²) >= 11 is 23.7. The van der Waals surface area contributed by atoms with Crippen molar-refractivity contribution in [2.45, 2.75) is 30.3 Å². The molecule has 0 aromatic heterocycles. The number of likely N-dealkylation sites (N-methyl/N-ethyl adjacent to an activating group) is 1. The SMILES string of the molecule is CN(C(=O)COc1ccc(Cl)c(Cl)c1)C12CC(NC(=O)COc3ccc(Cl)c(Cl)c3)(C1)C2. The second kappa shape index (κ2) is 8.82. The van der Waals surface area contributed by atoms with E-state index in [1.54, 1.807) is 48.3 Å². The Balaban J connectivity index is 1.22. The Morgan fingerprint density at radius 3 is 1.88 bits per heavy atom. The first-order chi connectivity index (χ1) is 15.1. The Bertz CT molecular complexity index is 1060. The van der Waals surface area contributed by atoms with Gasteiger partial charge in [0.25, 0.3) is 11.8 Å². The quantitative estimate of drug-likeness (QED) is 0.534. The van der Waals surface area contributed by atoms with Gasteiger partial charge in [-0.3, -0.25) is 9.59 Å². The van der Waals surface area contributed by atoms with Gasteiger partial charge >= 0.3 is 0 Å². The van der Waals surface area contributed by atoms with Gasteiger partial charge in [0, 0.05) is 30.3 Å². The summed E-state index contributed by atoms with van der Waals surface area (Å²) in [6.07, 6.45) is 2.11. The zero-order chi connectivity index (χ0) is 23.1. The summed E-state index contributed by atoms with van der Waals surface area (Å²) in [5, 5.41) is 4.59. The number of amides is 2. The van der Waals surface area contributed by atoms with Crippen LogP contribution in [0.25, 0.3) is 0 Å². The van der Waals surface area contributed by atoms with Gasteiger partial charge in [-0.05, 0) is 43.5 Å². The lowest BCUT2D eigenvalue weighted by Crippen LogP contribution is -2.84. The second-order valence-corrected chi connectivity index (χ2v) is 9.89. The van der Waals surface area contributed by atoms with E-state index in [1.807, 2.05) is 0 Å². The molecule has 2 bridgehead atoms. The first-order valence-corrected chi connectivity index (χ1v) is 11.4. The van der Waals surface area contributed by atoms with Crippen LogP contribution in [-0.2, 0) is 9.59 Å². The smallest absolute Gasteiger partial charge is 0.260 e. The third kappa shape index (κ3) is 4.60. The van der Waals surface area contributed by atoms with Crippen molar-refractivity contribution < 1.29 is 19.1 Å². The highest BCUT2D eigenvalue weighted by molar-refractivity contribution is 6.42. The first kappa shape index (κ1) is 23.3. The van der Waals surface area contributed by atoms with Gasteiger partial charge in [0.05, 0.1) is 20.1 Å². The standard InChI is InChI=1S/C22H20Cl4N2O4/c1-28(20(30)9-32-14-3-5-16(24)18(26)7-14)22-10-21(11-22,12-22)27-19(29)8-31-13-2-4-15(23)17(25)6-13/h2-7H,8-12H2,1H3,(H,27,29). The van der Waals surface area contributed by atoms with Gasteiger partial charge in [0.2, 0.25) is 0 Å². The maximum atomic E-state index is 12.6. The number of benzene rings is 2. The average molecular weight is 518 g/mol. The lowest BCUT2D eigenvalue weighted by molar-refractivity contribution is -0.187. The fourth-order valence-corrected chi connectivity index (χ4v) is 4.92.